The van der Waals surface area contributed by atoms with Crippen molar-refractivity contribution in [3.63, 3.8) is 0 Å². The zero-order valence-corrected chi connectivity index (χ0v) is 15.7. The van der Waals surface area contributed by atoms with Crippen LogP contribution in [0, 0.1) is 27.7 Å². The van der Waals surface area contributed by atoms with Crippen molar-refractivity contribution < 1.29 is 0 Å². The molecule has 0 aliphatic carbocycles. The van der Waals surface area contributed by atoms with Gasteiger partial charge in [0.05, 0.1) is 0 Å². The maximum Gasteiger partial charge on any atom is 0.139 e. The molecular weight excluding hydrogens is 296 g/mol. The normalized spacial score (nSPS) is 10.9. The second-order valence-electron chi connectivity index (χ2n) is 6.67. The standard InChI is InChI=1S/C20H30N4/c1-6-7-8-9-10-17-19(21)22-16(5)23-20(17)24-18-12-14(3)13(2)11-15(18)4/h11-12H,6-10H2,1-5H3,(H3,21,22,23,24). The third-order valence-corrected chi connectivity index (χ3v) is 4.53. The summed E-state index contributed by atoms with van der Waals surface area (Å²) in [7, 11) is 0. The van der Waals surface area contributed by atoms with E-state index in [2.05, 4.69) is 55.1 Å². The first-order chi connectivity index (χ1) is 11.4. The predicted octanol–water partition coefficient (Wildman–Crippen LogP) is 5.16. The van der Waals surface area contributed by atoms with Crippen LogP contribution < -0.4 is 11.1 Å². The molecule has 0 spiro atoms. The fourth-order valence-electron chi connectivity index (χ4n) is 2.92. The van der Waals surface area contributed by atoms with Crippen molar-refractivity contribution in [3.8, 4) is 0 Å². The highest BCUT2D eigenvalue weighted by Gasteiger charge is 2.12. The van der Waals surface area contributed by atoms with Gasteiger partial charge in [-0.05, 0) is 63.3 Å². The summed E-state index contributed by atoms with van der Waals surface area (Å²) in [6.45, 7) is 10.5. The Labute approximate surface area is 145 Å². The van der Waals surface area contributed by atoms with E-state index in [0.29, 0.717) is 11.6 Å². The number of nitrogens with one attached hydrogen (secondary N) is 1. The SMILES string of the molecule is CCCCCCc1c(N)nc(C)nc1Nc1cc(C)c(C)cc1C. The van der Waals surface area contributed by atoms with Crippen LogP contribution in [0.2, 0.25) is 0 Å². The molecule has 2 aromatic rings. The van der Waals surface area contributed by atoms with Crippen molar-refractivity contribution in [2.45, 2.75) is 66.7 Å². The van der Waals surface area contributed by atoms with E-state index in [1.54, 1.807) is 0 Å². The zero-order chi connectivity index (χ0) is 17.7. The second-order valence-corrected chi connectivity index (χ2v) is 6.67. The number of rotatable bonds is 7. The predicted molar refractivity (Wildman–Crippen MR) is 103 cm³/mol. The van der Waals surface area contributed by atoms with Crippen molar-refractivity contribution >= 4 is 17.3 Å². The molecule has 0 atom stereocenters. The van der Waals surface area contributed by atoms with Gasteiger partial charge in [0.2, 0.25) is 0 Å². The summed E-state index contributed by atoms with van der Waals surface area (Å²) in [6, 6.07) is 4.38. The molecule has 0 saturated carbocycles. The van der Waals surface area contributed by atoms with Crippen molar-refractivity contribution in [1.82, 2.24) is 9.97 Å². The fraction of sp³-hybridized carbons (Fsp3) is 0.500. The molecule has 1 aromatic heterocycles. The lowest BCUT2D eigenvalue weighted by molar-refractivity contribution is 0.666. The van der Waals surface area contributed by atoms with Gasteiger partial charge in [-0.25, -0.2) is 9.97 Å². The minimum Gasteiger partial charge on any atom is -0.383 e. The number of nitrogen functional groups attached to an aromatic ring is 1. The van der Waals surface area contributed by atoms with Gasteiger partial charge in [0.15, 0.2) is 0 Å². The Bertz CT molecular complexity index is 707. The van der Waals surface area contributed by atoms with E-state index >= 15 is 0 Å². The number of nitrogens with two attached hydrogens (primary N) is 1. The first kappa shape index (κ1) is 18.2. The number of benzene rings is 1. The number of hydrogen-bond acceptors (Lipinski definition) is 4. The lowest BCUT2D eigenvalue weighted by Gasteiger charge is -2.16. The van der Waals surface area contributed by atoms with Gasteiger partial charge in [0.1, 0.15) is 17.5 Å². The number of aryl methyl sites for hydroxylation is 4. The van der Waals surface area contributed by atoms with E-state index in [0.717, 1.165) is 29.9 Å². The molecule has 4 heteroatoms. The van der Waals surface area contributed by atoms with Crippen LogP contribution in [0.15, 0.2) is 12.1 Å². The summed E-state index contributed by atoms with van der Waals surface area (Å²) in [5.41, 5.74) is 12.1. The monoisotopic (exact) mass is 326 g/mol. The molecule has 0 aliphatic heterocycles. The van der Waals surface area contributed by atoms with Crippen LogP contribution in [0.4, 0.5) is 17.3 Å². The maximum atomic E-state index is 6.19. The Morgan fingerprint density at radius 1 is 0.917 bits per heavy atom. The fourth-order valence-corrected chi connectivity index (χ4v) is 2.92. The van der Waals surface area contributed by atoms with Gasteiger partial charge in [-0.3, -0.25) is 0 Å². The molecule has 0 radical (unpaired) electrons. The molecule has 1 aromatic carbocycles. The van der Waals surface area contributed by atoms with Crippen LogP contribution in [0.1, 0.15) is 60.7 Å². The van der Waals surface area contributed by atoms with Gasteiger partial charge in [-0.1, -0.05) is 32.3 Å². The third kappa shape index (κ3) is 4.47. The van der Waals surface area contributed by atoms with E-state index < -0.39 is 0 Å². The van der Waals surface area contributed by atoms with Gasteiger partial charge in [-0.15, -0.1) is 0 Å². The van der Waals surface area contributed by atoms with Crippen LogP contribution in [0.25, 0.3) is 0 Å². The lowest BCUT2D eigenvalue weighted by Crippen LogP contribution is -2.08. The topological polar surface area (TPSA) is 63.8 Å². The van der Waals surface area contributed by atoms with Gasteiger partial charge >= 0.3 is 0 Å². The third-order valence-electron chi connectivity index (χ3n) is 4.53. The first-order valence-electron chi connectivity index (χ1n) is 8.90. The van der Waals surface area contributed by atoms with E-state index in [9.17, 15) is 0 Å². The molecule has 0 unspecified atom stereocenters. The molecule has 130 valence electrons. The molecule has 3 N–H and O–H groups in total. The number of nitrogens with zero attached hydrogens (tertiary/aromatic N) is 2. The number of unbranched alkanes of at least 4 members (excludes halogenated alkanes) is 3. The van der Waals surface area contributed by atoms with Crippen LogP contribution in [0.3, 0.4) is 0 Å². The summed E-state index contributed by atoms with van der Waals surface area (Å²) in [6.07, 6.45) is 5.73. The molecular formula is C20H30N4. The summed E-state index contributed by atoms with van der Waals surface area (Å²) >= 11 is 0. The highest BCUT2D eigenvalue weighted by Crippen LogP contribution is 2.28. The van der Waals surface area contributed by atoms with E-state index in [4.69, 9.17) is 5.73 Å². The minimum absolute atomic E-state index is 0.600. The van der Waals surface area contributed by atoms with Crippen LogP contribution in [-0.4, -0.2) is 9.97 Å². The van der Waals surface area contributed by atoms with Crippen LogP contribution in [0.5, 0.6) is 0 Å². The molecule has 0 fully saturated rings. The average molecular weight is 326 g/mol. The number of anilines is 3. The molecule has 4 nitrogen and oxygen atoms in total. The van der Waals surface area contributed by atoms with Crippen molar-refractivity contribution in [2.24, 2.45) is 0 Å². The summed E-state index contributed by atoms with van der Waals surface area (Å²) < 4.78 is 0. The molecule has 0 bridgehead atoms. The highest BCUT2D eigenvalue weighted by atomic mass is 15.1. The van der Waals surface area contributed by atoms with Gasteiger partial charge in [0, 0.05) is 11.3 Å². The summed E-state index contributed by atoms with van der Waals surface area (Å²) in [4.78, 5) is 8.97. The average Bonchev–Trinajstić information content (AvgIpc) is 2.51. The molecule has 2 rings (SSSR count). The lowest BCUT2D eigenvalue weighted by atomic mass is 10.0. The smallest absolute Gasteiger partial charge is 0.139 e. The summed E-state index contributed by atoms with van der Waals surface area (Å²) in [5.74, 6) is 2.15. The van der Waals surface area contributed by atoms with E-state index in [-0.39, 0.29) is 0 Å². The Morgan fingerprint density at radius 2 is 1.62 bits per heavy atom. The summed E-state index contributed by atoms with van der Waals surface area (Å²) in [5, 5.41) is 3.50. The number of aromatic nitrogens is 2. The zero-order valence-electron chi connectivity index (χ0n) is 15.7. The van der Waals surface area contributed by atoms with Crippen molar-refractivity contribution in [3.05, 3.63) is 40.2 Å². The van der Waals surface area contributed by atoms with E-state index in [1.807, 2.05) is 6.92 Å². The van der Waals surface area contributed by atoms with Gasteiger partial charge < -0.3 is 11.1 Å². The second kappa shape index (κ2) is 8.13. The van der Waals surface area contributed by atoms with E-state index in [1.165, 1.54) is 36.0 Å². The Hall–Kier alpha value is -2.10. The van der Waals surface area contributed by atoms with Crippen LogP contribution in [-0.2, 0) is 6.42 Å². The first-order valence-corrected chi connectivity index (χ1v) is 8.90. The van der Waals surface area contributed by atoms with Gasteiger partial charge in [-0.2, -0.15) is 0 Å². The van der Waals surface area contributed by atoms with Gasteiger partial charge in [0.25, 0.3) is 0 Å². The molecule has 24 heavy (non-hydrogen) atoms. The Balaban J connectivity index is 2.30. The molecule has 0 saturated heterocycles. The van der Waals surface area contributed by atoms with Crippen LogP contribution >= 0.6 is 0 Å². The quantitative estimate of drug-likeness (QED) is 0.690. The Morgan fingerprint density at radius 3 is 2.33 bits per heavy atom. The molecule has 0 amide bonds. The molecule has 0 aliphatic rings. The van der Waals surface area contributed by atoms with Crippen molar-refractivity contribution in [2.75, 3.05) is 11.1 Å². The maximum absolute atomic E-state index is 6.19. The minimum atomic E-state index is 0.600. The van der Waals surface area contributed by atoms with Crippen molar-refractivity contribution in [1.29, 1.82) is 0 Å². The Kier molecular flexibility index (Phi) is 6.18. The molecule has 1 heterocycles. The number of hydrogen-bond donors (Lipinski definition) is 2. The highest BCUT2D eigenvalue weighted by molar-refractivity contribution is 5.67. The largest absolute Gasteiger partial charge is 0.383 e.